The van der Waals surface area contributed by atoms with Crippen molar-refractivity contribution in [2.75, 3.05) is 25.0 Å². The summed E-state index contributed by atoms with van der Waals surface area (Å²) < 4.78 is 0. The lowest BCUT2D eigenvalue weighted by atomic mass is 9.95. The summed E-state index contributed by atoms with van der Waals surface area (Å²) in [6.45, 7) is 2.60. The van der Waals surface area contributed by atoms with E-state index in [1.807, 2.05) is 51.6 Å². The van der Waals surface area contributed by atoms with Gasteiger partial charge in [-0.1, -0.05) is 18.2 Å². The molecule has 7 heteroatoms. The van der Waals surface area contributed by atoms with Crippen LogP contribution in [-0.4, -0.2) is 47.2 Å². The number of hydrogen-bond acceptors (Lipinski definition) is 4. The van der Waals surface area contributed by atoms with E-state index in [2.05, 4.69) is 5.32 Å². The van der Waals surface area contributed by atoms with Crippen LogP contribution in [0, 0.1) is 5.92 Å². The number of carbonyl (C=O) groups excluding carboxylic acids is 3. The second-order valence-electron chi connectivity index (χ2n) is 7.65. The van der Waals surface area contributed by atoms with E-state index in [0.29, 0.717) is 38.9 Å². The minimum Gasteiger partial charge on any atom is -0.338 e. The van der Waals surface area contributed by atoms with Crippen LogP contribution < -0.4 is 5.32 Å². The molecule has 1 aromatic heterocycles. The third-order valence-corrected chi connectivity index (χ3v) is 6.48. The van der Waals surface area contributed by atoms with Crippen LogP contribution in [-0.2, 0) is 16.1 Å². The predicted octanol–water partition coefficient (Wildman–Crippen LogP) is 3.36. The first-order chi connectivity index (χ1) is 14.1. The molecule has 2 aromatic rings. The molecule has 0 radical (unpaired) electrons. The first-order valence-electron chi connectivity index (χ1n) is 10.1. The number of amides is 3. The van der Waals surface area contributed by atoms with Gasteiger partial charge in [-0.15, -0.1) is 11.3 Å². The van der Waals surface area contributed by atoms with E-state index in [9.17, 15) is 14.4 Å². The largest absolute Gasteiger partial charge is 0.338 e. The predicted molar refractivity (Wildman–Crippen MR) is 113 cm³/mol. The van der Waals surface area contributed by atoms with E-state index >= 15 is 0 Å². The maximum Gasteiger partial charge on any atom is 0.263 e. The fourth-order valence-electron chi connectivity index (χ4n) is 3.98. The van der Waals surface area contributed by atoms with Gasteiger partial charge in [-0.05, 0) is 48.4 Å². The van der Waals surface area contributed by atoms with Crippen molar-refractivity contribution < 1.29 is 14.4 Å². The molecule has 0 unspecified atom stereocenters. The lowest BCUT2D eigenvalue weighted by Gasteiger charge is -2.31. The van der Waals surface area contributed by atoms with Crippen LogP contribution in [0.25, 0.3) is 0 Å². The van der Waals surface area contributed by atoms with Gasteiger partial charge in [0.15, 0.2) is 0 Å². The Morgan fingerprint density at radius 3 is 2.62 bits per heavy atom. The maximum absolute atomic E-state index is 12.7. The molecule has 3 amide bonds. The van der Waals surface area contributed by atoms with Crippen molar-refractivity contribution in [2.24, 2.45) is 5.92 Å². The van der Waals surface area contributed by atoms with Gasteiger partial charge in [0.1, 0.15) is 0 Å². The van der Waals surface area contributed by atoms with Gasteiger partial charge in [-0.3, -0.25) is 14.4 Å². The number of likely N-dealkylation sites (tertiary alicyclic amines) is 2. The topological polar surface area (TPSA) is 69.7 Å². The van der Waals surface area contributed by atoms with E-state index in [-0.39, 0.29) is 23.6 Å². The Hall–Kier alpha value is -2.67. The number of hydrogen-bond donors (Lipinski definition) is 1. The summed E-state index contributed by atoms with van der Waals surface area (Å²) in [5, 5.41) is 4.92. The van der Waals surface area contributed by atoms with E-state index in [1.54, 1.807) is 0 Å². The van der Waals surface area contributed by atoms with Crippen molar-refractivity contribution >= 4 is 34.7 Å². The third-order valence-electron chi connectivity index (χ3n) is 5.62. The monoisotopic (exact) mass is 411 g/mol. The highest BCUT2D eigenvalue weighted by molar-refractivity contribution is 7.12. The summed E-state index contributed by atoms with van der Waals surface area (Å²) in [6, 6.07) is 11.4. The van der Waals surface area contributed by atoms with Crippen molar-refractivity contribution in [3.8, 4) is 0 Å². The standard InChI is InChI=1S/C22H25N3O3S/c26-20-7-2-10-25(20)15-16-4-1-5-18(14-16)23-21(27)17-8-11-24(12-9-17)22(28)19-6-3-13-29-19/h1,3-6,13-14,17H,2,7-12,15H2,(H,23,27). The number of carbonyl (C=O) groups is 3. The van der Waals surface area contributed by atoms with Crippen molar-refractivity contribution in [1.82, 2.24) is 9.80 Å². The molecule has 1 aromatic carbocycles. The normalized spacial score (nSPS) is 17.6. The molecule has 0 atom stereocenters. The smallest absolute Gasteiger partial charge is 0.263 e. The summed E-state index contributed by atoms with van der Waals surface area (Å²) in [6.07, 6.45) is 2.89. The van der Waals surface area contributed by atoms with Gasteiger partial charge in [0, 0.05) is 44.2 Å². The summed E-state index contributed by atoms with van der Waals surface area (Å²) in [4.78, 5) is 41.4. The number of rotatable bonds is 5. The number of anilines is 1. The summed E-state index contributed by atoms with van der Waals surface area (Å²) in [5.74, 6) is 0.167. The number of thiophene rings is 1. The van der Waals surface area contributed by atoms with Gasteiger partial charge in [-0.2, -0.15) is 0 Å². The minimum atomic E-state index is -0.0915. The zero-order valence-corrected chi connectivity index (χ0v) is 17.1. The maximum atomic E-state index is 12.7. The molecule has 0 saturated carbocycles. The molecule has 2 fully saturated rings. The average Bonchev–Trinajstić information content (AvgIpc) is 3.40. The van der Waals surface area contributed by atoms with Gasteiger partial charge in [0.2, 0.25) is 11.8 Å². The number of nitrogens with zero attached hydrogens (tertiary/aromatic N) is 2. The summed E-state index contributed by atoms with van der Waals surface area (Å²) >= 11 is 1.45. The van der Waals surface area contributed by atoms with E-state index < -0.39 is 0 Å². The molecule has 0 bridgehead atoms. The van der Waals surface area contributed by atoms with Gasteiger partial charge in [0.25, 0.3) is 5.91 Å². The second kappa shape index (κ2) is 8.78. The number of benzene rings is 1. The van der Waals surface area contributed by atoms with Crippen LogP contribution in [0.2, 0.25) is 0 Å². The molecular weight excluding hydrogens is 386 g/mol. The van der Waals surface area contributed by atoms with E-state index in [1.165, 1.54) is 11.3 Å². The first-order valence-corrected chi connectivity index (χ1v) is 11.0. The average molecular weight is 412 g/mol. The molecule has 0 spiro atoms. The van der Waals surface area contributed by atoms with Gasteiger partial charge >= 0.3 is 0 Å². The molecule has 2 aliphatic heterocycles. The zero-order valence-electron chi connectivity index (χ0n) is 16.3. The lowest BCUT2D eigenvalue weighted by Crippen LogP contribution is -2.41. The summed E-state index contributed by atoms with van der Waals surface area (Å²) in [7, 11) is 0. The second-order valence-corrected chi connectivity index (χ2v) is 8.60. The quantitative estimate of drug-likeness (QED) is 0.820. The van der Waals surface area contributed by atoms with Crippen LogP contribution >= 0.6 is 11.3 Å². The Morgan fingerprint density at radius 2 is 1.93 bits per heavy atom. The van der Waals surface area contributed by atoms with Crippen molar-refractivity contribution in [3.05, 3.63) is 52.2 Å². The highest BCUT2D eigenvalue weighted by Crippen LogP contribution is 2.23. The van der Waals surface area contributed by atoms with Crippen molar-refractivity contribution in [3.63, 3.8) is 0 Å². The van der Waals surface area contributed by atoms with Crippen LogP contribution in [0.4, 0.5) is 5.69 Å². The Labute approximate surface area is 174 Å². The van der Waals surface area contributed by atoms with Crippen molar-refractivity contribution in [2.45, 2.75) is 32.2 Å². The van der Waals surface area contributed by atoms with Gasteiger partial charge < -0.3 is 15.1 Å². The first kappa shape index (κ1) is 19.6. The Kier molecular flexibility index (Phi) is 5.94. The molecule has 6 nitrogen and oxygen atoms in total. The van der Waals surface area contributed by atoms with E-state index in [4.69, 9.17) is 0 Å². The molecular formula is C22H25N3O3S. The fourth-order valence-corrected chi connectivity index (χ4v) is 4.67. The molecule has 0 aliphatic carbocycles. The number of piperidine rings is 1. The Balaban J connectivity index is 1.30. The van der Waals surface area contributed by atoms with Crippen molar-refractivity contribution in [1.29, 1.82) is 0 Å². The molecule has 29 heavy (non-hydrogen) atoms. The van der Waals surface area contributed by atoms with Crippen LogP contribution in [0.1, 0.15) is 40.9 Å². The molecule has 3 heterocycles. The van der Waals surface area contributed by atoms with Crippen LogP contribution in [0.15, 0.2) is 41.8 Å². The van der Waals surface area contributed by atoms with Crippen LogP contribution in [0.3, 0.4) is 0 Å². The molecule has 4 rings (SSSR count). The minimum absolute atomic E-state index is 0.00243. The Morgan fingerprint density at radius 1 is 1.10 bits per heavy atom. The van der Waals surface area contributed by atoms with Gasteiger partial charge in [-0.25, -0.2) is 0 Å². The summed E-state index contributed by atoms with van der Waals surface area (Å²) in [5.41, 5.74) is 1.78. The van der Waals surface area contributed by atoms with E-state index in [0.717, 1.165) is 29.1 Å². The molecule has 152 valence electrons. The van der Waals surface area contributed by atoms with Crippen LogP contribution in [0.5, 0.6) is 0 Å². The number of nitrogens with one attached hydrogen (secondary N) is 1. The highest BCUT2D eigenvalue weighted by atomic mass is 32.1. The highest BCUT2D eigenvalue weighted by Gasteiger charge is 2.28. The zero-order chi connectivity index (χ0) is 20.2. The lowest BCUT2D eigenvalue weighted by molar-refractivity contribution is -0.128. The SMILES string of the molecule is O=C(Nc1cccc(CN2CCCC2=O)c1)C1CCN(C(=O)c2cccs2)CC1. The molecule has 2 saturated heterocycles. The Bertz CT molecular complexity index is 888. The molecule has 2 aliphatic rings. The third kappa shape index (κ3) is 4.67. The molecule has 1 N–H and O–H groups in total. The van der Waals surface area contributed by atoms with Gasteiger partial charge in [0.05, 0.1) is 4.88 Å². The fraction of sp³-hybridized carbons (Fsp3) is 0.409.